The van der Waals surface area contributed by atoms with Gasteiger partial charge in [-0.3, -0.25) is 9.59 Å². The summed E-state index contributed by atoms with van der Waals surface area (Å²) in [6, 6.07) is 8.22. The lowest BCUT2D eigenvalue weighted by molar-refractivity contribution is -0.137. The number of ether oxygens (including phenoxy) is 1. The van der Waals surface area contributed by atoms with E-state index in [2.05, 4.69) is 29.4 Å². The number of hydrogen-bond donors (Lipinski definition) is 2. The molecule has 1 aromatic heterocycles. The molecule has 1 aromatic carbocycles. The van der Waals surface area contributed by atoms with Crippen molar-refractivity contribution < 1.29 is 14.3 Å². The first kappa shape index (κ1) is 20.3. The van der Waals surface area contributed by atoms with Crippen molar-refractivity contribution in [2.75, 3.05) is 19.6 Å². The minimum Gasteiger partial charge on any atom is -0.361 e. The molecule has 1 spiro atoms. The largest absolute Gasteiger partial charge is 0.361 e. The van der Waals surface area contributed by atoms with Gasteiger partial charge in [-0.05, 0) is 24.5 Å². The van der Waals surface area contributed by atoms with Crippen LogP contribution in [0.25, 0.3) is 10.9 Å². The first-order chi connectivity index (χ1) is 15.1. The first-order valence-electron chi connectivity index (χ1n) is 11.6. The first-order valence-corrected chi connectivity index (χ1v) is 11.6. The lowest BCUT2D eigenvalue weighted by atomic mass is 9.77. The third-order valence-electron chi connectivity index (χ3n) is 7.14. The van der Waals surface area contributed by atoms with Gasteiger partial charge >= 0.3 is 0 Å². The molecule has 3 aliphatic rings. The molecule has 3 aliphatic heterocycles. The minimum atomic E-state index is -0.633. The van der Waals surface area contributed by atoms with Crippen LogP contribution >= 0.6 is 0 Å². The molecule has 0 radical (unpaired) electrons. The summed E-state index contributed by atoms with van der Waals surface area (Å²) in [5, 5.41) is 4.26. The Hall–Kier alpha value is -2.60. The molecule has 2 unspecified atom stereocenters. The molecule has 5 rings (SSSR count). The standard InChI is InChI=1S/C25H31N3O3/c1-2-3-4-7-13-26-23(29)21-20-10-12-25(31-20)16-28(24(30)22(21)25)14-11-17-15-27-19-9-6-5-8-18(17)19/h5-6,8-10,12,15,20-22,27H,2-4,7,11,13-14,16H2,1H3,(H,26,29)/t20-,21?,22?,25+/m0/s1. The molecule has 2 amide bonds. The molecule has 2 fully saturated rings. The van der Waals surface area contributed by atoms with Crippen LogP contribution in [0.4, 0.5) is 0 Å². The fraction of sp³-hybridized carbons (Fsp3) is 0.520. The molecule has 2 aromatic rings. The molecule has 6 heteroatoms. The van der Waals surface area contributed by atoms with Crippen molar-refractivity contribution in [3.05, 3.63) is 48.2 Å². The summed E-state index contributed by atoms with van der Waals surface area (Å²) >= 11 is 0. The van der Waals surface area contributed by atoms with Crippen molar-refractivity contribution in [2.45, 2.75) is 50.7 Å². The highest BCUT2D eigenvalue weighted by Crippen LogP contribution is 2.51. The number of likely N-dealkylation sites (tertiary alicyclic amines) is 1. The molecule has 4 heterocycles. The van der Waals surface area contributed by atoms with Gasteiger partial charge in [0.25, 0.3) is 0 Å². The van der Waals surface area contributed by atoms with Gasteiger partial charge in [-0.2, -0.15) is 0 Å². The molecule has 6 nitrogen and oxygen atoms in total. The fourth-order valence-electron chi connectivity index (χ4n) is 5.54. The molecule has 2 bridgehead atoms. The minimum absolute atomic E-state index is 0.0375. The van der Waals surface area contributed by atoms with Crippen molar-refractivity contribution in [2.24, 2.45) is 11.8 Å². The molecular formula is C25H31N3O3. The Morgan fingerprint density at radius 2 is 2.16 bits per heavy atom. The van der Waals surface area contributed by atoms with E-state index in [1.54, 1.807) is 0 Å². The molecular weight excluding hydrogens is 390 g/mol. The van der Waals surface area contributed by atoms with E-state index in [0.29, 0.717) is 19.6 Å². The van der Waals surface area contributed by atoms with Crippen LogP contribution in [0.1, 0.15) is 38.2 Å². The van der Waals surface area contributed by atoms with Crippen molar-refractivity contribution in [1.82, 2.24) is 15.2 Å². The van der Waals surface area contributed by atoms with Crippen molar-refractivity contribution >= 4 is 22.7 Å². The van der Waals surface area contributed by atoms with Gasteiger partial charge in [0, 0.05) is 30.2 Å². The monoisotopic (exact) mass is 421 g/mol. The summed E-state index contributed by atoms with van der Waals surface area (Å²) in [4.78, 5) is 31.5. The van der Waals surface area contributed by atoms with Gasteiger partial charge < -0.3 is 19.9 Å². The lowest BCUT2D eigenvalue weighted by Gasteiger charge is -2.23. The summed E-state index contributed by atoms with van der Waals surface area (Å²) in [5.41, 5.74) is 1.69. The predicted octanol–water partition coefficient (Wildman–Crippen LogP) is 3.19. The maximum atomic E-state index is 13.3. The molecule has 4 atom stereocenters. The number of amides is 2. The van der Waals surface area contributed by atoms with E-state index >= 15 is 0 Å². The van der Waals surface area contributed by atoms with Gasteiger partial charge in [-0.1, -0.05) is 56.5 Å². The van der Waals surface area contributed by atoms with Crippen LogP contribution in [0, 0.1) is 11.8 Å². The zero-order valence-electron chi connectivity index (χ0n) is 18.1. The van der Waals surface area contributed by atoms with E-state index < -0.39 is 17.4 Å². The number of para-hydroxylation sites is 1. The maximum Gasteiger partial charge on any atom is 0.230 e. The highest BCUT2D eigenvalue weighted by Gasteiger charge is 2.66. The highest BCUT2D eigenvalue weighted by molar-refractivity contribution is 5.93. The van der Waals surface area contributed by atoms with Gasteiger partial charge in [-0.15, -0.1) is 0 Å². The van der Waals surface area contributed by atoms with E-state index in [9.17, 15) is 9.59 Å². The SMILES string of the molecule is CCCCCCNC(=O)C1C2C(=O)N(CCc3c[nH]c4ccccc34)C[C@]23C=C[C@@H]1O3. The Morgan fingerprint density at radius 1 is 1.29 bits per heavy atom. The predicted molar refractivity (Wildman–Crippen MR) is 119 cm³/mol. The second-order valence-corrected chi connectivity index (χ2v) is 9.12. The van der Waals surface area contributed by atoms with Crippen LogP contribution in [0.2, 0.25) is 0 Å². The Bertz CT molecular complexity index is 1010. The number of carbonyl (C=O) groups is 2. The smallest absolute Gasteiger partial charge is 0.230 e. The number of fused-ring (bicyclic) bond motifs is 2. The Morgan fingerprint density at radius 3 is 3.03 bits per heavy atom. The molecule has 164 valence electrons. The lowest BCUT2D eigenvalue weighted by Crippen LogP contribution is -2.44. The number of nitrogens with zero attached hydrogens (tertiary/aromatic N) is 1. The summed E-state index contributed by atoms with van der Waals surface area (Å²) in [6.07, 6.45) is 11.0. The van der Waals surface area contributed by atoms with Crippen LogP contribution in [-0.2, 0) is 20.7 Å². The number of aromatic nitrogens is 1. The van der Waals surface area contributed by atoms with Gasteiger partial charge in [-0.25, -0.2) is 0 Å². The molecule has 2 N–H and O–H groups in total. The van der Waals surface area contributed by atoms with E-state index in [1.807, 2.05) is 35.4 Å². The Labute approximate surface area is 183 Å². The maximum absolute atomic E-state index is 13.3. The fourth-order valence-corrected chi connectivity index (χ4v) is 5.54. The van der Waals surface area contributed by atoms with E-state index in [4.69, 9.17) is 4.74 Å². The van der Waals surface area contributed by atoms with Crippen LogP contribution in [0.3, 0.4) is 0 Å². The molecule has 0 saturated carbocycles. The number of benzene rings is 1. The third-order valence-corrected chi connectivity index (χ3v) is 7.14. The number of carbonyl (C=O) groups excluding carboxylic acids is 2. The van der Waals surface area contributed by atoms with Crippen molar-refractivity contribution in [3.63, 3.8) is 0 Å². The Kier molecular flexibility index (Phi) is 5.34. The quantitative estimate of drug-likeness (QED) is 0.482. The molecule has 0 aliphatic carbocycles. The zero-order valence-corrected chi connectivity index (χ0v) is 18.1. The number of rotatable bonds is 9. The van der Waals surface area contributed by atoms with Gasteiger partial charge in [0.15, 0.2) is 0 Å². The normalized spacial score (nSPS) is 28.6. The zero-order chi connectivity index (χ0) is 21.4. The van der Waals surface area contributed by atoms with E-state index in [-0.39, 0.29) is 17.9 Å². The van der Waals surface area contributed by atoms with Crippen molar-refractivity contribution in [3.8, 4) is 0 Å². The van der Waals surface area contributed by atoms with Gasteiger partial charge in [0.05, 0.1) is 24.5 Å². The van der Waals surface area contributed by atoms with Gasteiger partial charge in [0.2, 0.25) is 11.8 Å². The van der Waals surface area contributed by atoms with Crippen LogP contribution in [-0.4, -0.2) is 53.0 Å². The number of H-pyrrole nitrogens is 1. The number of aromatic amines is 1. The number of hydrogen-bond acceptors (Lipinski definition) is 3. The number of unbranched alkanes of at least 4 members (excludes halogenated alkanes) is 3. The average Bonchev–Trinajstić information content (AvgIpc) is 3.52. The van der Waals surface area contributed by atoms with Crippen LogP contribution < -0.4 is 5.32 Å². The Balaban J connectivity index is 1.24. The summed E-state index contributed by atoms with van der Waals surface area (Å²) in [6.45, 7) is 4.01. The number of nitrogens with one attached hydrogen (secondary N) is 2. The third kappa shape index (κ3) is 3.47. The van der Waals surface area contributed by atoms with Crippen molar-refractivity contribution in [1.29, 1.82) is 0 Å². The molecule has 31 heavy (non-hydrogen) atoms. The van der Waals surface area contributed by atoms with Gasteiger partial charge in [0.1, 0.15) is 5.60 Å². The summed E-state index contributed by atoms with van der Waals surface area (Å²) in [5.74, 6) is -0.801. The second kappa shape index (κ2) is 8.15. The van der Waals surface area contributed by atoms with Crippen LogP contribution in [0.5, 0.6) is 0 Å². The van der Waals surface area contributed by atoms with E-state index in [1.165, 1.54) is 23.8 Å². The average molecular weight is 422 g/mol. The summed E-state index contributed by atoms with van der Waals surface area (Å²) < 4.78 is 6.23. The van der Waals surface area contributed by atoms with Crippen LogP contribution in [0.15, 0.2) is 42.6 Å². The second-order valence-electron chi connectivity index (χ2n) is 9.12. The molecule has 2 saturated heterocycles. The highest BCUT2D eigenvalue weighted by atomic mass is 16.5. The topological polar surface area (TPSA) is 74.4 Å². The summed E-state index contributed by atoms with van der Waals surface area (Å²) in [7, 11) is 0. The van der Waals surface area contributed by atoms with E-state index in [0.717, 1.165) is 24.8 Å².